The summed E-state index contributed by atoms with van der Waals surface area (Å²) in [4.78, 5) is 24.5. The average Bonchev–Trinajstić information content (AvgIpc) is 2.65. The summed E-state index contributed by atoms with van der Waals surface area (Å²) in [5, 5.41) is 5.22. The third-order valence-electron chi connectivity index (χ3n) is 2.28. The summed E-state index contributed by atoms with van der Waals surface area (Å²) in [6, 6.07) is -0.190. The zero-order chi connectivity index (χ0) is 11.3. The van der Waals surface area contributed by atoms with Crippen molar-refractivity contribution in [2.75, 3.05) is 19.6 Å². The number of likely N-dealkylation sites (tertiary alicyclic amines) is 1. The molecule has 1 rings (SSSR count). The molecule has 15 heavy (non-hydrogen) atoms. The summed E-state index contributed by atoms with van der Waals surface area (Å²) in [7, 11) is 0. The molecule has 1 saturated heterocycles. The Balaban J connectivity index is 2.18. The SMILES string of the molecule is CC(C)NC(=O)NCC(=O)N1CCCC1. The van der Waals surface area contributed by atoms with E-state index >= 15 is 0 Å². The molecule has 0 aromatic rings. The molecule has 0 atom stereocenters. The number of rotatable bonds is 3. The molecule has 2 N–H and O–H groups in total. The molecule has 5 nitrogen and oxygen atoms in total. The monoisotopic (exact) mass is 213 g/mol. The molecule has 1 heterocycles. The van der Waals surface area contributed by atoms with E-state index in [1.165, 1.54) is 0 Å². The molecule has 0 radical (unpaired) electrons. The van der Waals surface area contributed by atoms with Crippen molar-refractivity contribution in [2.24, 2.45) is 0 Å². The largest absolute Gasteiger partial charge is 0.341 e. The molecule has 86 valence electrons. The molecule has 1 fully saturated rings. The molecule has 0 aromatic heterocycles. The van der Waals surface area contributed by atoms with E-state index in [1.807, 2.05) is 13.8 Å². The van der Waals surface area contributed by atoms with Crippen LogP contribution < -0.4 is 10.6 Å². The van der Waals surface area contributed by atoms with E-state index in [0.29, 0.717) is 0 Å². The minimum absolute atomic E-state index is 0.00593. The van der Waals surface area contributed by atoms with Crippen LogP contribution in [0.2, 0.25) is 0 Å². The maximum absolute atomic E-state index is 11.5. The summed E-state index contributed by atoms with van der Waals surface area (Å²) in [5.74, 6) is 0.00593. The Morgan fingerprint density at radius 3 is 2.40 bits per heavy atom. The van der Waals surface area contributed by atoms with Gasteiger partial charge in [0.2, 0.25) is 5.91 Å². The maximum atomic E-state index is 11.5. The zero-order valence-corrected chi connectivity index (χ0v) is 9.38. The van der Waals surface area contributed by atoms with Gasteiger partial charge in [-0.25, -0.2) is 4.79 Å². The number of carbonyl (C=O) groups is 2. The molecule has 5 heteroatoms. The predicted octanol–water partition coefficient (Wildman–Crippen LogP) is 0.316. The molecule has 0 saturated carbocycles. The molecular formula is C10H19N3O2. The van der Waals surface area contributed by atoms with Crippen LogP contribution in [-0.4, -0.2) is 42.5 Å². The molecule has 3 amide bonds. The van der Waals surface area contributed by atoms with Crippen LogP contribution in [0.4, 0.5) is 4.79 Å². The number of amides is 3. The Morgan fingerprint density at radius 2 is 1.87 bits per heavy atom. The highest BCUT2D eigenvalue weighted by molar-refractivity contribution is 5.84. The third kappa shape index (κ3) is 4.18. The Morgan fingerprint density at radius 1 is 1.27 bits per heavy atom. The molecule has 1 aliphatic rings. The van der Waals surface area contributed by atoms with E-state index in [-0.39, 0.29) is 24.5 Å². The van der Waals surface area contributed by atoms with Gasteiger partial charge < -0.3 is 15.5 Å². The molecule has 0 aromatic carbocycles. The van der Waals surface area contributed by atoms with Crippen LogP contribution in [-0.2, 0) is 4.79 Å². The van der Waals surface area contributed by atoms with Gasteiger partial charge in [-0.1, -0.05) is 0 Å². The summed E-state index contributed by atoms with van der Waals surface area (Å²) < 4.78 is 0. The fourth-order valence-electron chi connectivity index (χ4n) is 1.55. The molecule has 0 aliphatic carbocycles. The van der Waals surface area contributed by atoms with Crippen molar-refractivity contribution in [1.82, 2.24) is 15.5 Å². The smallest absolute Gasteiger partial charge is 0.315 e. The Hall–Kier alpha value is -1.26. The van der Waals surface area contributed by atoms with Gasteiger partial charge in [0.05, 0.1) is 6.54 Å². The van der Waals surface area contributed by atoms with E-state index in [2.05, 4.69) is 10.6 Å². The fourth-order valence-corrected chi connectivity index (χ4v) is 1.55. The standard InChI is InChI=1S/C10H19N3O2/c1-8(2)12-10(15)11-7-9(14)13-5-3-4-6-13/h8H,3-7H2,1-2H3,(H2,11,12,15). The van der Waals surface area contributed by atoms with Crippen LogP contribution in [0.25, 0.3) is 0 Å². The van der Waals surface area contributed by atoms with Crippen LogP contribution >= 0.6 is 0 Å². The van der Waals surface area contributed by atoms with Crippen molar-refractivity contribution in [2.45, 2.75) is 32.7 Å². The van der Waals surface area contributed by atoms with Crippen molar-refractivity contribution in [3.63, 3.8) is 0 Å². The molecular weight excluding hydrogens is 194 g/mol. The van der Waals surface area contributed by atoms with Gasteiger partial charge in [0.25, 0.3) is 0 Å². The first-order valence-corrected chi connectivity index (χ1v) is 5.41. The average molecular weight is 213 g/mol. The van der Waals surface area contributed by atoms with Crippen molar-refractivity contribution < 1.29 is 9.59 Å². The van der Waals surface area contributed by atoms with Crippen LogP contribution in [0.5, 0.6) is 0 Å². The van der Waals surface area contributed by atoms with Gasteiger partial charge in [0, 0.05) is 19.1 Å². The number of nitrogens with one attached hydrogen (secondary N) is 2. The first kappa shape index (κ1) is 11.8. The van der Waals surface area contributed by atoms with Gasteiger partial charge >= 0.3 is 6.03 Å². The highest BCUT2D eigenvalue weighted by atomic mass is 16.2. The number of urea groups is 1. The fraction of sp³-hybridized carbons (Fsp3) is 0.800. The lowest BCUT2D eigenvalue weighted by atomic mass is 10.4. The lowest BCUT2D eigenvalue weighted by molar-refractivity contribution is -0.128. The van der Waals surface area contributed by atoms with Gasteiger partial charge in [-0.3, -0.25) is 4.79 Å². The maximum Gasteiger partial charge on any atom is 0.315 e. The quantitative estimate of drug-likeness (QED) is 0.709. The van der Waals surface area contributed by atoms with Gasteiger partial charge in [-0.15, -0.1) is 0 Å². The highest BCUT2D eigenvalue weighted by Crippen LogP contribution is 2.06. The highest BCUT2D eigenvalue weighted by Gasteiger charge is 2.17. The van der Waals surface area contributed by atoms with Crippen LogP contribution in [0, 0.1) is 0 Å². The van der Waals surface area contributed by atoms with Crippen LogP contribution in [0.15, 0.2) is 0 Å². The first-order valence-electron chi connectivity index (χ1n) is 5.41. The summed E-state index contributed by atoms with van der Waals surface area (Å²) >= 11 is 0. The van der Waals surface area contributed by atoms with Crippen molar-refractivity contribution >= 4 is 11.9 Å². The summed E-state index contributed by atoms with van der Waals surface area (Å²) in [5.41, 5.74) is 0. The number of carbonyl (C=O) groups excluding carboxylic acids is 2. The third-order valence-corrected chi connectivity index (χ3v) is 2.28. The molecule has 0 bridgehead atoms. The lowest BCUT2D eigenvalue weighted by Crippen LogP contribution is -2.44. The van der Waals surface area contributed by atoms with Crippen molar-refractivity contribution in [1.29, 1.82) is 0 Å². The van der Waals surface area contributed by atoms with E-state index in [9.17, 15) is 9.59 Å². The van der Waals surface area contributed by atoms with Gasteiger partial charge in [-0.05, 0) is 26.7 Å². The van der Waals surface area contributed by atoms with Crippen LogP contribution in [0.3, 0.4) is 0 Å². The predicted molar refractivity (Wildman–Crippen MR) is 57.5 cm³/mol. The Kier molecular flexibility index (Phi) is 4.39. The number of hydrogen-bond acceptors (Lipinski definition) is 2. The van der Waals surface area contributed by atoms with Gasteiger partial charge in [-0.2, -0.15) is 0 Å². The first-order chi connectivity index (χ1) is 7.09. The topological polar surface area (TPSA) is 61.4 Å². The molecule has 0 spiro atoms. The second kappa shape index (κ2) is 5.58. The normalized spacial score (nSPS) is 15.5. The summed E-state index contributed by atoms with van der Waals surface area (Å²) in [6.07, 6.45) is 2.15. The number of nitrogens with zero attached hydrogens (tertiary/aromatic N) is 1. The Labute approximate surface area is 90.2 Å². The van der Waals surface area contributed by atoms with E-state index in [4.69, 9.17) is 0 Å². The lowest BCUT2D eigenvalue weighted by Gasteiger charge is -2.16. The van der Waals surface area contributed by atoms with Crippen LogP contribution in [0.1, 0.15) is 26.7 Å². The van der Waals surface area contributed by atoms with Crippen molar-refractivity contribution in [3.8, 4) is 0 Å². The second-order valence-corrected chi connectivity index (χ2v) is 4.07. The zero-order valence-electron chi connectivity index (χ0n) is 9.38. The minimum atomic E-state index is -0.280. The second-order valence-electron chi connectivity index (χ2n) is 4.07. The van der Waals surface area contributed by atoms with E-state index in [0.717, 1.165) is 25.9 Å². The van der Waals surface area contributed by atoms with Gasteiger partial charge in [0.15, 0.2) is 0 Å². The van der Waals surface area contributed by atoms with Gasteiger partial charge in [0.1, 0.15) is 0 Å². The number of hydrogen-bond donors (Lipinski definition) is 2. The molecule has 1 aliphatic heterocycles. The van der Waals surface area contributed by atoms with E-state index < -0.39 is 0 Å². The van der Waals surface area contributed by atoms with E-state index in [1.54, 1.807) is 4.90 Å². The molecule has 0 unspecified atom stereocenters. The minimum Gasteiger partial charge on any atom is -0.341 e. The Bertz CT molecular complexity index is 235. The van der Waals surface area contributed by atoms with Crippen molar-refractivity contribution in [3.05, 3.63) is 0 Å². The summed E-state index contributed by atoms with van der Waals surface area (Å²) in [6.45, 7) is 5.50.